The van der Waals surface area contributed by atoms with Crippen molar-refractivity contribution in [2.75, 3.05) is 5.88 Å². The Morgan fingerprint density at radius 1 is 1.26 bits per heavy atom. The number of carbonyl (C=O) groups is 1. The molecule has 0 aromatic heterocycles. The predicted molar refractivity (Wildman–Crippen MR) is 77.5 cm³/mol. The number of rotatable bonds is 2. The molecular formula is C16H20ClNO. The fourth-order valence-electron chi connectivity index (χ4n) is 3.95. The second-order valence-corrected chi connectivity index (χ2v) is 6.11. The Hall–Kier alpha value is -1.02. The standard InChI is InChI=1S/C16H20ClNO/c1-11-4-2-3-5-15(11)12-8-13-6-7-14(9-12)18(13)16(19)10-17/h2-5,12-14H,6-10H2,1H3. The molecule has 2 saturated heterocycles. The van der Waals surface area contributed by atoms with Crippen molar-refractivity contribution < 1.29 is 4.79 Å². The molecule has 1 amide bonds. The van der Waals surface area contributed by atoms with Gasteiger partial charge in [0.15, 0.2) is 0 Å². The maximum Gasteiger partial charge on any atom is 0.237 e. The summed E-state index contributed by atoms with van der Waals surface area (Å²) in [4.78, 5) is 14.0. The van der Waals surface area contributed by atoms with Gasteiger partial charge in [-0.25, -0.2) is 0 Å². The largest absolute Gasteiger partial charge is 0.336 e. The fraction of sp³-hybridized carbons (Fsp3) is 0.562. The van der Waals surface area contributed by atoms with Crippen molar-refractivity contribution in [2.24, 2.45) is 0 Å². The summed E-state index contributed by atoms with van der Waals surface area (Å²) in [6.07, 6.45) is 4.50. The lowest BCUT2D eigenvalue weighted by molar-refractivity contribution is -0.133. The number of nitrogens with zero attached hydrogens (tertiary/aromatic N) is 1. The van der Waals surface area contributed by atoms with E-state index in [1.165, 1.54) is 11.1 Å². The van der Waals surface area contributed by atoms with Crippen LogP contribution in [0.4, 0.5) is 0 Å². The summed E-state index contributed by atoms with van der Waals surface area (Å²) >= 11 is 5.73. The molecule has 2 nitrogen and oxygen atoms in total. The average Bonchev–Trinajstić information content (AvgIpc) is 2.69. The van der Waals surface area contributed by atoms with Crippen molar-refractivity contribution >= 4 is 17.5 Å². The predicted octanol–water partition coefficient (Wildman–Crippen LogP) is 3.47. The number of piperidine rings is 1. The van der Waals surface area contributed by atoms with E-state index in [0.29, 0.717) is 18.0 Å². The molecule has 2 atom stereocenters. The number of hydrogen-bond donors (Lipinski definition) is 0. The van der Waals surface area contributed by atoms with Crippen molar-refractivity contribution in [1.29, 1.82) is 0 Å². The molecule has 1 aromatic carbocycles. The summed E-state index contributed by atoms with van der Waals surface area (Å²) in [5.41, 5.74) is 2.85. The number of carbonyl (C=O) groups excluding carboxylic acids is 1. The van der Waals surface area contributed by atoms with Gasteiger partial charge in [-0.2, -0.15) is 0 Å². The van der Waals surface area contributed by atoms with E-state index in [1.54, 1.807) is 0 Å². The van der Waals surface area contributed by atoms with Gasteiger partial charge < -0.3 is 4.90 Å². The van der Waals surface area contributed by atoms with E-state index < -0.39 is 0 Å². The zero-order valence-corrected chi connectivity index (χ0v) is 12.1. The molecule has 2 fully saturated rings. The van der Waals surface area contributed by atoms with Gasteiger partial charge in [0.1, 0.15) is 5.88 Å². The van der Waals surface area contributed by atoms with Crippen LogP contribution in [0.1, 0.15) is 42.7 Å². The normalized spacial score (nSPS) is 29.6. The summed E-state index contributed by atoms with van der Waals surface area (Å²) in [5, 5.41) is 0. The van der Waals surface area contributed by atoms with E-state index in [2.05, 4.69) is 36.1 Å². The van der Waals surface area contributed by atoms with Gasteiger partial charge in [0.2, 0.25) is 5.91 Å². The summed E-state index contributed by atoms with van der Waals surface area (Å²) < 4.78 is 0. The van der Waals surface area contributed by atoms with Gasteiger partial charge in [0.25, 0.3) is 0 Å². The van der Waals surface area contributed by atoms with Crippen molar-refractivity contribution in [2.45, 2.75) is 50.6 Å². The highest BCUT2D eigenvalue weighted by molar-refractivity contribution is 6.27. The Morgan fingerprint density at radius 2 is 1.89 bits per heavy atom. The third kappa shape index (κ3) is 2.27. The van der Waals surface area contributed by atoms with Crippen LogP contribution in [-0.2, 0) is 4.79 Å². The molecule has 0 N–H and O–H groups in total. The number of hydrogen-bond acceptors (Lipinski definition) is 1. The highest BCUT2D eigenvalue weighted by Crippen LogP contribution is 2.43. The van der Waals surface area contributed by atoms with E-state index in [0.717, 1.165) is 25.7 Å². The van der Waals surface area contributed by atoms with Crippen LogP contribution >= 0.6 is 11.6 Å². The van der Waals surface area contributed by atoms with Crippen LogP contribution in [0, 0.1) is 6.92 Å². The highest BCUT2D eigenvalue weighted by atomic mass is 35.5. The van der Waals surface area contributed by atoms with Crippen molar-refractivity contribution in [3.8, 4) is 0 Å². The van der Waals surface area contributed by atoms with E-state index in [9.17, 15) is 4.79 Å². The second kappa shape index (κ2) is 5.16. The summed E-state index contributed by atoms with van der Waals surface area (Å²) in [6, 6.07) is 9.48. The minimum absolute atomic E-state index is 0.123. The summed E-state index contributed by atoms with van der Waals surface area (Å²) in [5.74, 6) is 0.859. The molecule has 2 heterocycles. The molecule has 1 aromatic rings. The number of halogens is 1. The lowest BCUT2D eigenvalue weighted by Gasteiger charge is -2.39. The first-order valence-corrected chi connectivity index (χ1v) is 7.66. The Kier molecular flexibility index (Phi) is 3.53. The van der Waals surface area contributed by atoms with Gasteiger partial charge in [-0.3, -0.25) is 4.79 Å². The Balaban J connectivity index is 1.81. The fourth-order valence-corrected chi connectivity index (χ4v) is 4.09. The summed E-state index contributed by atoms with van der Waals surface area (Å²) in [7, 11) is 0. The van der Waals surface area contributed by atoms with E-state index in [4.69, 9.17) is 11.6 Å². The topological polar surface area (TPSA) is 20.3 Å². The number of aryl methyl sites for hydroxylation is 1. The average molecular weight is 278 g/mol. The molecule has 3 rings (SSSR count). The SMILES string of the molecule is Cc1ccccc1C1CC2CCC(C1)N2C(=O)CCl. The molecule has 2 aliphatic heterocycles. The molecule has 3 heteroatoms. The molecular weight excluding hydrogens is 258 g/mol. The maximum absolute atomic E-state index is 11.9. The number of alkyl halides is 1. The van der Waals surface area contributed by atoms with E-state index in [-0.39, 0.29) is 11.8 Å². The third-order valence-corrected chi connectivity index (χ3v) is 4.99. The molecule has 19 heavy (non-hydrogen) atoms. The minimum atomic E-state index is 0.123. The van der Waals surface area contributed by atoms with E-state index in [1.807, 2.05) is 0 Å². The third-order valence-electron chi connectivity index (χ3n) is 4.76. The first kappa shape index (κ1) is 13.0. The van der Waals surface area contributed by atoms with Crippen molar-refractivity contribution in [3.05, 3.63) is 35.4 Å². The quantitative estimate of drug-likeness (QED) is 0.758. The van der Waals surface area contributed by atoms with Crippen LogP contribution in [0.2, 0.25) is 0 Å². The van der Waals surface area contributed by atoms with Crippen LogP contribution in [0.25, 0.3) is 0 Å². The van der Waals surface area contributed by atoms with Crippen molar-refractivity contribution in [1.82, 2.24) is 4.90 Å². The first-order valence-electron chi connectivity index (χ1n) is 7.13. The lowest BCUT2D eigenvalue weighted by atomic mass is 9.83. The minimum Gasteiger partial charge on any atom is -0.336 e. The van der Waals surface area contributed by atoms with Gasteiger partial charge in [0.05, 0.1) is 0 Å². The summed E-state index contributed by atoms with van der Waals surface area (Å²) in [6.45, 7) is 2.19. The molecule has 102 valence electrons. The Bertz CT molecular complexity index is 473. The van der Waals surface area contributed by atoms with Gasteiger partial charge in [-0.15, -0.1) is 11.6 Å². The molecule has 2 aliphatic rings. The molecule has 0 spiro atoms. The highest BCUT2D eigenvalue weighted by Gasteiger charge is 2.43. The zero-order valence-electron chi connectivity index (χ0n) is 11.3. The van der Waals surface area contributed by atoms with Gasteiger partial charge >= 0.3 is 0 Å². The van der Waals surface area contributed by atoms with E-state index >= 15 is 0 Å². The van der Waals surface area contributed by atoms with Gasteiger partial charge in [-0.1, -0.05) is 24.3 Å². The molecule has 0 aliphatic carbocycles. The Labute approximate surface area is 119 Å². The second-order valence-electron chi connectivity index (χ2n) is 5.84. The number of fused-ring (bicyclic) bond motifs is 2. The molecule has 0 radical (unpaired) electrons. The lowest BCUT2D eigenvalue weighted by Crippen LogP contribution is -2.46. The van der Waals surface area contributed by atoms with Crippen LogP contribution in [0.3, 0.4) is 0 Å². The number of amides is 1. The first-order chi connectivity index (χ1) is 9.20. The smallest absolute Gasteiger partial charge is 0.237 e. The van der Waals surface area contributed by atoms with Crippen LogP contribution < -0.4 is 0 Å². The molecule has 2 bridgehead atoms. The maximum atomic E-state index is 11.9. The zero-order chi connectivity index (χ0) is 13.4. The van der Waals surface area contributed by atoms with Gasteiger partial charge in [0, 0.05) is 12.1 Å². The van der Waals surface area contributed by atoms with Crippen LogP contribution in [-0.4, -0.2) is 28.8 Å². The number of benzene rings is 1. The van der Waals surface area contributed by atoms with Gasteiger partial charge in [-0.05, 0) is 49.7 Å². The molecule has 2 unspecified atom stereocenters. The van der Waals surface area contributed by atoms with Crippen LogP contribution in [0.5, 0.6) is 0 Å². The Morgan fingerprint density at radius 3 is 2.47 bits per heavy atom. The van der Waals surface area contributed by atoms with Crippen molar-refractivity contribution in [3.63, 3.8) is 0 Å². The molecule has 0 saturated carbocycles. The monoisotopic (exact) mass is 277 g/mol. The van der Waals surface area contributed by atoms with Crippen LogP contribution in [0.15, 0.2) is 24.3 Å².